The SMILES string of the molecule is CCCCCCCCCCn1c2ccc1C(=C1C=C(C(C)(C)C)C(=O)C(C(C)(C)C)=C1)c1ccc(n1CCCCCCCCCC)C(=C1C=C(C(C)(C)C)C(=O)C(C(C)(C)C)=C1)c1ccc(n1CCCCCCCCCC)C(=C1C=C(C(C)(C)C)C(=O)C(C(C)(C)C)=C1)c1ccc([nH]1)C2=C1C=C(C(C)(C)C)C(=O)C(C(C)(C)C)=C1. The highest BCUT2D eigenvalue weighted by Crippen LogP contribution is 2.51. The Morgan fingerprint density at radius 3 is 0.553 bits per heavy atom. The number of unbranched alkanes of at least 4 members (excludes halogenated alkanes) is 21. The molecule has 8 nitrogen and oxygen atoms in total. The van der Waals surface area contributed by atoms with Crippen molar-refractivity contribution in [1.29, 1.82) is 0 Å². The molecule has 0 fully saturated rings. The van der Waals surface area contributed by atoms with Crippen molar-refractivity contribution in [2.45, 2.75) is 361 Å². The van der Waals surface area contributed by atoms with E-state index in [1.165, 1.54) is 96.3 Å². The zero-order valence-electron chi connectivity index (χ0n) is 76.8. The number of H-pyrrole nitrogens is 1. The van der Waals surface area contributed by atoms with E-state index in [1.807, 2.05) is 0 Å². The molecular weight excluding hydrogens is 1390 g/mol. The lowest BCUT2D eigenvalue weighted by molar-refractivity contribution is -0.114. The third-order valence-electron chi connectivity index (χ3n) is 24.4. The molecule has 0 saturated heterocycles. The van der Waals surface area contributed by atoms with E-state index in [2.05, 4.69) is 303 Å². The number of nitrogens with one attached hydrogen (secondary N) is 1. The Kier molecular flexibility index (Phi) is 29.1. The van der Waals surface area contributed by atoms with Gasteiger partial charge >= 0.3 is 0 Å². The molecule has 5 aliphatic rings. The minimum absolute atomic E-state index is 0.0868. The number of aromatic nitrogens is 4. The molecule has 4 aliphatic carbocycles. The van der Waals surface area contributed by atoms with Crippen LogP contribution in [0.3, 0.4) is 0 Å². The van der Waals surface area contributed by atoms with Gasteiger partial charge in [0.2, 0.25) is 0 Å². The zero-order chi connectivity index (χ0) is 84.0. The van der Waals surface area contributed by atoms with Gasteiger partial charge in [-0.1, -0.05) is 322 Å². The highest BCUT2D eigenvalue weighted by molar-refractivity contribution is 6.16. The lowest BCUT2D eigenvalue weighted by Gasteiger charge is -2.33. The Labute approximate surface area is 692 Å². The molecule has 0 amide bonds. The molecule has 114 heavy (non-hydrogen) atoms. The summed E-state index contributed by atoms with van der Waals surface area (Å²) in [5.41, 5.74) is 18.5. The maximum absolute atomic E-state index is 15.6. The van der Waals surface area contributed by atoms with Gasteiger partial charge in [0.05, 0.1) is 34.2 Å². The van der Waals surface area contributed by atoms with Gasteiger partial charge in [0, 0.05) is 97.9 Å². The average Bonchev–Trinajstić information content (AvgIpc) is 1.54. The standard InChI is InChI=1S/C106H152N4O4/c1-28-31-34-37-40-43-46-49-60-108-85-54-56-87(108)93(73-67-79(103(16,17)18)97(113)80(68-73)104(19,20)21)89-58-59-90(110(89)62-51-48-45-42-39-36-33-30-3)94(74-69-81(105(22,23)24)98(114)82(70-74)106(25,26)27)88-57-55-86(109(88)61-50-47-44-41-38-35-32-29-2)92(72-65-77(101(10,11)12)96(112)78(66-72)102(13,14)15)84-53-52-83(107-84)91(85)71-63-75(99(4,5)6)95(111)76(64-71)100(7,8)9/h52-59,63-70,107H,28-51,60-62H2,1-27H3. The van der Waals surface area contributed by atoms with E-state index in [9.17, 15) is 0 Å². The number of nitrogens with zero attached hydrogens (tertiary/aromatic N) is 3. The number of hydrogen-bond acceptors (Lipinski definition) is 4. The Morgan fingerprint density at radius 2 is 0.377 bits per heavy atom. The summed E-state index contributed by atoms with van der Waals surface area (Å²) in [6.07, 6.45) is 45.8. The number of Topliss-reactive ketones (excluding diaryl/α,β-unsaturated/α-hetero) is 4. The smallest absolute Gasteiger partial charge is 0.186 e. The molecule has 1 N–H and O–H groups in total. The maximum Gasteiger partial charge on any atom is 0.186 e. The van der Waals surface area contributed by atoms with Gasteiger partial charge in [-0.25, -0.2) is 0 Å². The van der Waals surface area contributed by atoms with Crippen molar-refractivity contribution in [3.05, 3.63) is 210 Å². The second-order valence-corrected chi connectivity index (χ2v) is 42.6. The Bertz CT molecular complexity index is 4190. The van der Waals surface area contributed by atoms with Gasteiger partial charge in [0.15, 0.2) is 23.1 Å². The Hall–Kier alpha value is -7.32. The summed E-state index contributed by atoms with van der Waals surface area (Å²) in [6, 6.07) is 19.0. The van der Waals surface area contributed by atoms with E-state index < -0.39 is 43.3 Å². The first-order chi connectivity index (χ1) is 53.2. The molecule has 1 aliphatic heterocycles. The molecule has 0 spiro atoms. The topological polar surface area (TPSA) is 98.9 Å². The van der Waals surface area contributed by atoms with E-state index in [1.54, 1.807) is 0 Å². The quantitative estimate of drug-likeness (QED) is 0.0530. The first kappa shape index (κ1) is 90.6. The molecule has 8 bridgehead atoms. The van der Waals surface area contributed by atoms with Gasteiger partial charge < -0.3 is 18.7 Å². The minimum atomic E-state index is -0.506. The van der Waals surface area contributed by atoms with Crippen LogP contribution in [0, 0.1) is 43.3 Å². The lowest BCUT2D eigenvalue weighted by Crippen LogP contribution is -2.28. The van der Waals surface area contributed by atoms with Gasteiger partial charge in [-0.3, -0.25) is 19.2 Å². The van der Waals surface area contributed by atoms with E-state index in [0.29, 0.717) is 19.6 Å². The van der Waals surface area contributed by atoms with Crippen LogP contribution in [-0.2, 0) is 38.8 Å². The molecule has 0 unspecified atom stereocenters. The van der Waals surface area contributed by atoms with Crippen LogP contribution < -0.4 is 0 Å². The number of aromatic amines is 1. The molecule has 620 valence electrons. The fourth-order valence-electron chi connectivity index (χ4n) is 17.6. The molecule has 8 heteroatoms. The molecule has 5 heterocycles. The Morgan fingerprint density at radius 1 is 0.219 bits per heavy atom. The van der Waals surface area contributed by atoms with Crippen molar-refractivity contribution in [2.75, 3.05) is 0 Å². The van der Waals surface area contributed by atoms with Crippen molar-refractivity contribution >= 4 is 45.4 Å². The average molecular weight is 1550 g/mol. The van der Waals surface area contributed by atoms with E-state index >= 15 is 19.2 Å². The van der Waals surface area contributed by atoms with Gasteiger partial charge in [0.25, 0.3) is 0 Å². The summed E-state index contributed by atoms with van der Waals surface area (Å²) < 4.78 is 7.97. The summed E-state index contributed by atoms with van der Waals surface area (Å²) >= 11 is 0. The fraction of sp³-hybridized carbons (Fsp3) is 0.585. The first-order valence-electron chi connectivity index (χ1n) is 45.0. The molecule has 4 aromatic rings. The van der Waals surface area contributed by atoms with Gasteiger partial charge in [-0.15, -0.1) is 0 Å². The fourth-order valence-corrected chi connectivity index (χ4v) is 17.6. The second-order valence-electron chi connectivity index (χ2n) is 42.6. The van der Waals surface area contributed by atoms with Crippen LogP contribution in [0.4, 0.5) is 0 Å². The predicted molar refractivity (Wildman–Crippen MR) is 486 cm³/mol. The van der Waals surface area contributed by atoms with Gasteiger partial charge in [-0.05, 0) is 182 Å². The van der Waals surface area contributed by atoms with Crippen LogP contribution in [0.15, 0.2) is 164 Å². The van der Waals surface area contributed by atoms with Crippen LogP contribution >= 0.6 is 0 Å². The minimum Gasteiger partial charge on any atom is -0.354 e. The summed E-state index contributed by atoms with van der Waals surface area (Å²) in [7, 11) is 0. The third kappa shape index (κ3) is 21.1. The molecule has 9 rings (SSSR count). The molecule has 0 aromatic carbocycles. The molecular formula is C106H152N4O4. The van der Waals surface area contributed by atoms with Gasteiger partial charge in [0.1, 0.15) is 0 Å². The monoisotopic (exact) mass is 1550 g/mol. The first-order valence-corrected chi connectivity index (χ1v) is 45.0. The highest BCUT2D eigenvalue weighted by atomic mass is 16.1. The normalized spacial score (nSPS) is 16.8. The maximum atomic E-state index is 15.6. The zero-order valence-corrected chi connectivity index (χ0v) is 76.8. The van der Waals surface area contributed by atoms with E-state index in [4.69, 9.17) is 0 Å². The third-order valence-corrected chi connectivity index (χ3v) is 24.4. The molecule has 4 aromatic heterocycles. The van der Waals surface area contributed by atoms with Crippen molar-refractivity contribution in [3.63, 3.8) is 0 Å². The number of rotatable bonds is 27. The van der Waals surface area contributed by atoms with E-state index in [0.717, 1.165) is 193 Å². The van der Waals surface area contributed by atoms with Crippen LogP contribution in [0.1, 0.15) is 387 Å². The molecule has 0 radical (unpaired) electrons. The number of carbonyl (C=O) groups excluding carboxylic acids is 4. The van der Waals surface area contributed by atoms with Crippen LogP contribution in [-0.4, -0.2) is 41.8 Å². The largest absolute Gasteiger partial charge is 0.354 e. The van der Waals surface area contributed by atoms with Crippen molar-refractivity contribution < 1.29 is 19.2 Å². The molecule has 0 saturated carbocycles. The summed E-state index contributed by atoms with van der Waals surface area (Å²) in [5, 5.41) is 0. The van der Waals surface area contributed by atoms with E-state index in [-0.39, 0.29) is 23.1 Å². The summed E-state index contributed by atoms with van der Waals surface area (Å²) in [5.74, 6) is 0.370. The van der Waals surface area contributed by atoms with Crippen LogP contribution in [0.5, 0.6) is 0 Å². The van der Waals surface area contributed by atoms with Crippen LogP contribution in [0.2, 0.25) is 0 Å². The van der Waals surface area contributed by atoms with Gasteiger partial charge in [-0.2, -0.15) is 0 Å². The highest BCUT2D eigenvalue weighted by Gasteiger charge is 2.42. The number of hydrogen-bond donors (Lipinski definition) is 1. The number of fused-ring (bicyclic) bond motifs is 8. The Balaban J connectivity index is 1.61. The van der Waals surface area contributed by atoms with Crippen molar-refractivity contribution in [2.24, 2.45) is 43.3 Å². The van der Waals surface area contributed by atoms with Crippen molar-refractivity contribution in [3.8, 4) is 0 Å². The number of ketones is 4. The van der Waals surface area contributed by atoms with Crippen LogP contribution in [0.25, 0.3) is 22.3 Å². The number of allylic oxidation sites excluding steroid dienone is 20. The predicted octanol–water partition coefficient (Wildman–Crippen LogP) is 29.5. The molecule has 0 atom stereocenters. The number of carbonyl (C=O) groups is 4. The summed E-state index contributed by atoms with van der Waals surface area (Å²) in [6.45, 7) is 61.6. The van der Waals surface area contributed by atoms with Crippen molar-refractivity contribution in [1.82, 2.24) is 18.7 Å². The lowest BCUT2D eigenvalue weighted by atomic mass is 9.71. The summed E-state index contributed by atoms with van der Waals surface area (Å²) in [4.78, 5) is 66.4. The second kappa shape index (κ2) is 36.7.